The van der Waals surface area contributed by atoms with E-state index in [1.165, 1.54) is 6.20 Å². The van der Waals surface area contributed by atoms with E-state index >= 15 is 0 Å². The highest BCUT2D eigenvalue weighted by Crippen LogP contribution is 2.47. The van der Waals surface area contributed by atoms with Gasteiger partial charge in [0, 0.05) is 12.5 Å². The number of rotatable bonds is 1. The molecule has 4 N–H and O–H groups in total. The van der Waals surface area contributed by atoms with Crippen molar-refractivity contribution in [3.63, 3.8) is 0 Å². The molecule has 0 unspecified atom stereocenters. The first-order valence-corrected chi connectivity index (χ1v) is 5.78. The third-order valence-corrected chi connectivity index (χ3v) is 2.90. The van der Waals surface area contributed by atoms with Crippen LogP contribution in [0.4, 0.5) is 10.2 Å². The zero-order valence-corrected chi connectivity index (χ0v) is 9.94. The Bertz CT molecular complexity index is 627. The summed E-state index contributed by atoms with van der Waals surface area (Å²) < 4.78 is 24.7. The van der Waals surface area contributed by atoms with Crippen LogP contribution in [0, 0.1) is 5.82 Å². The van der Waals surface area contributed by atoms with Crippen molar-refractivity contribution in [2.24, 2.45) is 0 Å². The molecule has 1 aliphatic heterocycles. The second kappa shape index (κ2) is 4.34. The number of nitrogens with one attached hydrogen (secondary N) is 1. The van der Waals surface area contributed by atoms with Crippen molar-refractivity contribution in [3.05, 3.63) is 18.1 Å². The van der Waals surface area contributed by atoms with Gasteiger partial charge in [-0.3, -0.25) is 5.10 Å². The SMILES string of the molecule is Nc1[nH]ncc1-c1c(O)c(F)cc2c1OCCCO2. The molecular weight excluding hydrogens is 253 g/mol. The van der Waals surface area contributed by atoms with E-state index in [1.54, 1.807) is 0 Å². The lowest BCUT2D eigenvalue weighted by atomic mass is 10.0. The topological polar surface area (TPSA) is 93.4 Å². The van der Waals surface area contributed by atoms with Crippen LogP contribution in [-0.2, 0) is 0 Å². The maximum Gasteiger partial charge on any atom is 0.173 e. The quantitative estimate of drug-likeness (QED) is 0.729. The van der Waals surface area contributed by atoms with E-state index in [2.05, 4.69) is 10.2 Å². The first-order chi connectivity index (χ1) is 9.18. The van der Waals surface area contributed by atoms with E-state index in [0.29, 0.717) is 25.2 Å². The number of H-pyrrole nitrogens is 1. The summed E-state index contributed by atoms with van der Waals surface area (Å²) in [6, 6.07) is 1.11. The number of phenols is 1. The standard InChI is InChI=1S/C12H12FN3O3/c13-7-4-8-11(19-3-1-2-18-8)9(10(7)17)6-5-15-16-12(6)14/h4-5,17H,1-3H2,(H3,14,15,16). The van der Waals surface area contributed by atoms with Gasteiger partial charge in [0.2, 0.25) is 0 Å². The maximum atomic E-state index is 13.8. The minimum absolute atomic E-state index is 0.156. The first-order valence-electron chi connectivity index (χ1n) is 5.78. The van der Waals surface area contributed by atoms with Gasteiger partial charge < -0.3 is 20.3 Å². The van der Waals surface area contributed by atoms with E-state index in [4.69, 9.17) is 15.2 Å². The number of phenolic OH excluding ortho intramolecular Hbond substituents is 1. The van der Waals surface area contributed by atoms with Gasteiger partial charge in [0.1, 0.15) is 5.82 Å². The van der Waals surface area contributed by atoms with Gasteiger partial charge in [0.15, 0.2) is 23.1 Å². The van der Waals surface area contributed by atoms with Gasteiger partial charge in [-0.05, 0) is 0 Å². The van der Waals surface area contributed by atoms with Crippen molar-refractivity contribution in [1.82, 2.24) is 10.2 Å². The van der Waals surface area contributed by atoms with E-state index in [-0.39, 0.29) is 22.9 Å². The van der Waals surface area contributed by atoms with Crippen molar-refractivity contribution in [2.45, 2.75) is 6.42 Å². The van der Waals surface area contributed by atoms with Crippen LogP contribution in [0.15, 0.2) is 12.3 Å². The molecule has 1 aromatic carbocycles. The Morgan fingerprint density at radius 2 is 2.16 bits per heavy atom. The van der Waals surface area contributed by atoms with Gasteiger partial charge in [0.25, 0.3) is 0 Å². The number of aromatic hydroxyl groups is 1. The van der Waals surface area contributed by atoms with Crippen molar-refractivity contribution in [2.75, 3.05) is 18.9 Å². The minimum atomic E-state index is -0.792. The molecule has 0 bridgehead atoms. The number of aromatic amines is 1. The monoisotopic (exact) mass is 265 g/mol. The molecule has 0 atom stereocenters. The molecule has 1 aromatic heterocycles. The van der Waals surface area contributed by atoms with E-state index in [1.807, 2.05) is 0 Å². The average molecular weight is 265 g/mol. The predicted octanol–water partition coefficient (Wildman–Crippen LogP) is 1.66. The molecule has 19 heavy (non-hydrogen) atoms. The van der Waals surface area contributed by atoms with Crippen molar-refractivity contribution >= 4 is 5.82 Å². The van der Waals surface area contributed by atoms with Crippen LogP contribution in [0.1, 0.15) is 6.42 Å². The number of nitrogen functional groups attached to an aromatic ring is 1. The molecule has 6 nitrogen and oxygen atoms in total. The fraction of sp³-hybridized carbons (Fsp3) is 0.250. The number of hydrogen-bond donors (Lipinski definition) is 3. The zero-order chi connectivity index (χ0) is 13.4. The van der Waals surface area contributed by atoms with Crippen LogP contribution >= 0.6 is 0 Å². The number of fused-ring (bicyclic) bond motifs is 1. The van der Waals surface area contributed by atoms with Crippen LogP contribution in [0.3, 0.4) is 0 Å². The molecule has 0 radical (unpaired) electrons. The Morgan fingerprint density at radius 1 is 1.37 bits per heavy atom. The van der Waals surface area contributed by atoms with Crippen molar-refractivity contribution in [1.29, 1.82) is 0 Å². The van der Waals surface area contributed by atoms with Crippen molar-refractivity contribution < 1.29 is 19.0 Å². The molecule has 0 amide bonds. The number of nitrogens with zero attached hydrogens (tertiary/aromatic N) is 1. The number of nitrogens with two attached hydrogens (primary N) is 1. The Balaban J connectivity index is 2.27. The summed E-state index contributed by atoms with van der Waals surface area (Å²) in [5.41, 5.74) is 6.25. The average Bonchev–Trinajstić information content (AvgIpc) is 2.67. The Kier molecular flexibility index (Phi) is 2.66. The molecule has 1 aliphatic rings. The lowest BCUT2D eigenvalue weighted by molar-refractivity contribution is 0.297. The van der Waals surface area contributed by atoms with Crippen LogP contribution in [0.2, 0.25) is 0 Å². The van der Waals surface area contributed by atoms with Crippen LogP contribution in [-0.4, -0.2) is 28.5 Å². The molecule has 0 saturated carbocycles. The molecule has 0 fully saturated rings. The highest BCUT2D eigenvalue weighted by atomic mass is 19.1. The van der Waals surface area contributed by atoms with E-state index < -0.39 is 11.6 Å². The Morgan fingerprint density at radius 3 is 2.89 bits per heavy atom. The molecule has 3 rings (SSSR count). The lowest BCUT2D eigenvalue weighted by Gasteiger charge is -2.14. The molecule has 0 spiro atoms. The summed E-state index contributed by atoms with van der Waals surface area (Å²) in [4.78, 5) is 0. The van der Waals surface area contributed by atoms with Crippen LogP contribution in [0.5, 0.6) is 17.2 Å². The predicted molar refractivity (Wildman–Crippen MR) is 65.7 cm³/mol. The zero-order valence-electron chi connectivity index (χ0n) is 9.94. The number of hydrogen-bond acceptors (Lipinski definition) is 5. The number of benzene rings is 1. The Hall–Kier alpha value is -2.44. The Labute approximate surface area is 108 Å². The van der Waals surface area contributed by atoms with Crippen molar-refractivity contribution in [3.8, 4) is 28.4 Å². The fourth-order valence-corrected chi connectivity index (χ4v) is 2.01. The maximum absolute atomic E-state index is 13.8. The molecular formula is C12H12FN3O3. The van der Waals surface area contributed by atoms with Gasteiger partial charge in [-0.15, -0.1) is 0 Å². The fourth-order valence-electron chi connectivity index (χ4n) is 2.01. The number of anilines is 1. The smallest absolute Gasteiger partial charge is 0.173 e. The van der Waals surface area contributed by atoms with Gasteiger partial charge >= 0.3 is 0 Å². The van der Waals surface area contributed by atoms with E-state index in [9.17, 15) is 9.50 Å². The van der Waals surface area contributed by atoms with Gasteiger partial charge in [-0.2, -0.15) is 5.10 Å². The summed E-state index contributed by atoms with van der Waals surface area (Å²) in [5, 5.41) is 16.2. The number of ether oxygens (including phenoxy) is 2. The first kappa shape index (κ1) is 11.6. The summed E-state index contributed by atoms with van der Waals surface area (Å²) in [7, 11) is 0. The summed E-state index contributed by atoms with van der Waals surface area (Å²) in [5.74, 6) is -0.568. The van der Waals surface area contributed by atoms with Gasteiger partial charge in [-0.1, -0.05) is 0 Å². The highest BCUT2D eigenvalue weighted by molar-refractivity contribution is 5.85. The largest absolute Gasteiger partial charge is 0.504 e. The van der Waals surface area contributed by atoms with E-state index in [0.717, 1.165) is 6.07 Å². The molecule has 0 aliphatic carbocycles. The second-order valence-corrected chi connectivity index (χ2v) is 4.16. The molecule has 100 valence electrons. The molecule has 2 heterocycles. The van der Waals surface area contributed by atoms with Crippen LogP contribution < -0.4 is 15.2 Å². The molecule has 0 saturated heterocycles. The third kappa shape index (κ3) is 1.83. The number of halogens is 1. The number of aromatic nitrogens is 2. The van der Waals surface area contributed by atoms with Gasteiger partial charge in [-0.25, -0.2) is 4.39 Å². The third-order valence-electron chi connectivity index (χ3n) is 2.90. The minimum Gasteiger partial charge on any atom is -0.504 e. The molecule has 7 heteroatoms. The summed E-state index contributed by atoms with van der Waals surface area (Å²) in [6.07, 6.45) is 2.08. The van der Waals surface area contributed by atoms with Gasteiger partial charge in [0.05, 0.1) is 30.5 Å². The van der Waals surface area contributed by atoms with Crippen LogP contribution in [0.25, 0.3) is 11.1 Å². The molecule has 2 aromatic rings. The second-order valence-electron chi connectivity index (χ2n) is 4.16. The lowest BCUT2D eigenvalue weighted by Crippen LogP contribution is -1.98. The summed E-state index contributed by atoms with van der Waals surface area (Å²) >= 11 is 0. The summed E-state index contributed by atoms with van der Waals surface area (Å²) in [6.45, 7) is 0.848. The normalized spacial score (nSPS) is 14.2. The highest BCUT2D eigenvalue weighted by Gasteiger charge is 2.25.